The van der Waals surface area contributed by atoms with Crippen LogP contribution in [0.15, 0.2) is 48.5 Å². The van der Waals surface area contributed by atoms with E-state index in [1.54, 1.807) is 17.0 Å². The topological polar surface area (TPSA) is 51.2 Å². The molecule has 0 spiro atoms. The summed E-state index contributed by atoms with van der Waals surface area (Å²) in [5.74, 6) is 2.19. The molecule has 1 amide bonds. The lowest BCUT2D eigenvalue weighted by molar-refractivity contribution is 0.108. The third-order valence-electron chi connectivity index (χ3n) is 4.42. The average molecular weight is 340 g/mol. The zero-order chi connectivity index (χ0) is 17.1. The number of amides is 1. The lowest BCUT2D eigenvalue weighted by Gasteiger charge is -2.34. The smallest absolute Gasteiger partial charge is 0.415 e. The molecule has 0 unspecified atom stereocenters. The summed E-state index contributed by atoms with van der Waals surface area (Å²) in [5.41, 5.74) is 1.18. The van der Waals surface area contributed by atoms with Crippen LogP contribution in [-0.4, -0.2) is 48.9 Å². The predicted molar refractivity (Wildman–Crippen MR) is 91.9 cm³/mol. The number of ether oxygens (including phenoxy) is 3. The molecule has 6 nitrogen and oxygen atoms in total. The molecule has 0 N–H and O–H groups in total. The summed E-state index contributed by atoms with van der Waals surface area (Å²) in [4.78, 5) is 16.3. The normalized spacial score (nSPS) is 16.7. The van der Waals surface area contributed by atoms with E-state index in [9.17, 15) is 4.79 Å². The third kappa shape index (κ3) is 3.69. The highest BCUT2D eigenvalue weighted by atomic mass is 16.7. The fourth-order valence-corrected chi connectivity index (χ4v) is 3.04. The zero-order valence-corrected chi connectivity index (χ0v) is 13.9. The van der Waals surface area contributed by atoms with Crippen molar-refractivity contribution in [3.8, 4) is 17.2 Å². The van der Waals surface area contributed by atoms with Crippen molar-refractivity contribution in [3.63, 3.8) is 0 Å². The second-order valence-electron chi connectivity index (χ2n) is 6.13. The molecule has 2 aliphatic rings. The molecule has 0 bridgehead atoms. The molecular formula is C19H20N2O4. The summed E-state index contributed by atoms with van der Waals surface area (Å²) < 4.78 is 16.2. The van der Waals surface area contributed by atoms with Gasteiger partial charge in [-0.15, -0.1) is 0 Å². The second kappa shape index (κ2) is 7.03. The number of piperazine rings is 1. The summed E-state index contributed by atoms with van der Waals surface area (Å²) >= 11 is 0. The Morgan fingerprint density at radius 2 is 1.72 bits per heavy atom. The molecule has 2 aromatic rings. The summed E-state index contributed by atoms with van der Waals surface area (Å²) in [5, 5.41) is 0. The van der Waals surface area contributed by atoms with E-state index in [0.717, 1.165) is 31.1 Å². The molecule has 0 radical (unpaired) electrons. The van der Waals surface area contributed by atoms with Crippen molar-refractivity contribution in [1.29, 1.82) is 0 Å². The molecule has 1 fully saturated rings. The number of rotatable bonds is 3. The van der Waals surface area contributed by atoms with Crippen molar-refractivity contribution in [2.45, 2.75) is 6.54 Å². The molecule has 0 saturated carbocycles. The van der Waals surface area contributed by atoms with E-state index in [-0.39, 0.29) is 6.09 Å². The van der Waals surface area contributed by atoms with Crippen LogP contribution >= 0.6 is 0 Å². The molecule has 1 saturated heterocycles. The monoisotopic (exact) mass is 340 g/mol. The Bertz CT molecular complexity index is 742. The fraction of sp³-hybridized carbons (Fsp3) is 0.316. The van der Waals surface area contributed by atoms with Crippen LogP contribution < -0.4 is 14.2 Å². The third-order valence-corrected chi connectivity index (χ3v) is 4.42. The van der Waals surface area contributed by atoms with Crippen LogP contribution in [0.5, 0.6) is 17.2 Å². The highest BCUT2D eigenvalue weighted by molar-refractivity contribution is 5.70. The molecule has 4 rings (SSSR count). The minimum Gasteiger partial charge on any atom is -0.454 e. The second-order valence-corrected chi connectivity index (χ2v) is 6.13. The first-order valence-corrected chi connectivity index (χ1v) is 8.40. The summed E-state index contributed by atoms with van der Waals surface area (Å²) in [6, 6.07) is 15.2. The number of hydrogen-bond acceptors (Lipinski definition) is 5. The summed E-state index contributed by atoms with van der Waals surface area (Å²) in [7, 11) is 0. The standard InChI is InChI=1S/C19H20N2O4/c22-19(25-16-4-2-1-3-5-16)21-10-8-20(9-11-21)13-15-6-7-17-18(12-15)24-14-23-17/h1-7,12H,8-11,13-14H2. The summed E-state index contributed by atoms with van der Waals surface area (Å²) in [6.07, 6.45) is -0.283. The fourth-order valence-electron chi connectivity index (χ4n) is 3.04. The Hall–Kier alpha value is -2.73. The Balaban J connectivity index is 1.29. The number of carbonyl (C=O) groups excluding carboxylic acids is 1. The lowest BCUT2D eigenvalue weighted by Crippen LogP contribution is -2.49. The Morgan fingerprint density at radius 3 is 2.52 bits per heavy atom. The van der Waals surface area contributed by atoms with Crippen molar-refractivity contribution < 1.29 is 19.0 Å². The van der Waals surface area contributed by atoms with Crippen LogP contribution in [0.25, 0.3) is 0 Å². The number of fused-ring (bicyclic) bond motifs is 1. The van der Waals surface area contributed by atoms with Gasteiger partial charge in [-0.1, -0.05) is 24.3 Å². The maximum Gasteiger partial charge on any atom is 0.415 e. The van der Waals surface area contributed by atoms with E-state index >= 15 is 0 Å². The highest BCUT2D eigenvalue weighted by Crippen LogP contribution is 2.32. The molecule has 130 valence electrons. The van der Waals surface area contributed by atoms with Gasteiger partial charge >= 0.3 is 6.09 Å². The van der Waals surface area contributed by atoms with Gasteiger partial charge in [-0.2, -0.15) is 0 Å². The molecule has 0 aromatic heterocycles. The van der Waals surface area contributed by atoms with Crippen molar-refractivity contribution in [2.24, 2.45) is 0 Å². The van der Waals surface area contributed by atoms with Gasteiger partial charge in [0.05, 0.1) is 0 Å². The molecule has 0 atom stereocenters. The first-order valence-electron chi connectivity index (χ1n) is 8.40. The van der Waals surface area contributed by atoms with Crippen LogP contribution in [-0.2, 0) is 6.54 Å². The van der Waals surface area contributed by atoms with Crippen LogP contribution in [0, 0.1) is 0 Å². The van der Waals surface area contributed by atoms with E-state index in [4.69, 9.17) is 14.2 Å². The summed E-state index contributed by atoms with van der Waals surface area (Å²) in [6.45, 7) is 4.09. The molecule has 0 aliphatic carbocycles. The van der Waals surface area contributed by atoms with Crippen LogP contribution in [0.1, 0.15) is 5.56 Å². The molecule has 2 heterocycles. The Labute approximate surface area is 146 Å². The van der Waals surface area contributed by atoms with Crippen LogP contribution in [0.2, 0.25) is 0 Å². The van der Waals surface area contributed by atoms with E-state index in [1.165, 1.54) is 5.56 Å². The van der Waals surface area contributed by atoms with Gasteiger partial charge in [0, 0.05) is 32.7 Å². The molecular weight excluding hydrogens is 320 g/mol. The Kier molecular flexibility index (Phi) is 4.43. The average Bonchev–Trinajstić information content (AvgIpc) is 3.11. The lowest BCUT2D eigenvalue weighted by atomic mass is 10.1. The van der Waals surface area contributed by atoms with Gasteiger partial charge in [-0.25, -0.2) is 4.79 Å². The molecule has 2 aromatic carbocycles. The van der Waals surface area contributed by atoms with Crippen LogP contribution in [0.3, 0.4) is 0 Å². The van der Waals surface area contributed by atoms with Gasteiger partial charge in [0.25, 0.3) is 0 Å². The van der Waals surface area contributed by atoms with E-state index in [1.807, 2.05) is 30.3 Å². The number of nitrogens with zero attached hydrogens (tertiary/aromatic N) is 2. The van der Waals surface area contributed by atoms with E-state index < -0.39 is 0 Å². The van der Waals surface area contributed by atoms with Crippen molar-refractivity contribution in [2.75, 3.05) is 33.0 Å². The number of carbonyl (C=O) groups is 1. The molecule has 6 heteroatoms. The van der Waals surface area contributed by atoms with Gasteiger partial charge in [0.2, 0.25) is 6.79 Å². The largest absolute Gasteiger partial charge is 0.454 e. The molecule has 2 aliphatic heterocycles. The van der Waals surface area contributed by atoms with Crippen LogP contribution in [0.4, 0.5) is 4.79 Å². The zero-order valence-electron chi connectivity index (χ0n) is 13.9. The molecule has 25 heavy (non-hydrogen) atoms. The minimum atomic E-state index is -0.283. The van der Waals surface area contributed by atoms with Crippen molar-refractivity contribution in [3.05, 3.63) is 54.1 Å². The van der Waals surface area contributed by atoms with Gasteiger partial charge in [0.1, 0.15) is 5.75 Å². The van der Waals surface area contributed by atoms with Gasteiger partial charge in [-0.3, -0.25) is 4.90 Å². The number of para-hydroxylation sites is 1. The first-order chi connectivity index (χ1) is 12.3. The predicted octanol–water partition coefficient (Wildman–Crippen LogP) is 2.73. The van der Waals surface area contributed by atoms with Gasteiger partial charge in [0.15, 0.2) is 11.5 Å². The van der Waals surface area contributed by atoms with Crippen molar-refractivity contribution >= 4 is 6.09 Å². The van der Waals surface area contributed by atoms with Gasteiger partial charge in [-0.05, 0) is 29.8 Å². The maximum atomic E-state index is 12.2. The maximum absolute atomic E-state index is 12.2. The van der Waals surface area contributed by atoms with E-state index in [0.29, 0.717) is 25.6 Å². The highest BCUT2D eigenvalue weighted by Gasteiger charge is 2.23. The SMILES string of the molecule is O=C(Oc1ccccc1)N1CCN(Cc2ccc3c(c2)OCO3)CC1. The number of hydrogen-bond donors (Lipinski definition) is 0. The van der Waals surface area contributed by atoms with E-state index in [2.05, 4.69) is 11.0 Å². The number of benzene rings is 2. The minimum absolute atomic E-state index is 0.283. The quantitative estimate of drug-likeness (QED) is 0.860. The Morgan fingerprint density at radius 1 is 0.960 bits per heavy atom. The first kappa shape index (κ1) is 15.8. The van der Waals surface area contributed by atoms with Crippen molar-refractivity contribution in [1.82, 2.24) is 9.80 Å². The van der Waals surface area contributed by atoms with Gasteiger partial charge < -0.3 is 19.1 Å².